The number of thiazole rings is 1. The van der Waals surface area contributed by atoms with Crippen molar-refractivity contribution in [2.75, 3.05) is 5.32 Å². The first kappa shape index (κ1) is 10.6. The maximum absolute atomic E-state index is 10.9. The maximum Gasteiger partial charge on any atom is 0.223 e. The Morgan fingerprint density at radius 2 is 2.44 bits per heavy atom. The molecule has 0 aliphatic carbocycles. The second-order valence-electron chi connectivity index (χ2n) is 3.21. The zero-order valence-electron chi connectivity index (χ0n) is 8.60. The summed E-state index contributed by atoms with van der Waals surface area (Å²) in [5.41, 5.74) is 1.76. The second kappa shape index (κ2) is 4.28. The molecule has 0 saturated carbocycles. The van der Waals surface area contributed by atoms with Crippen molar-refractivity contribution >= 4 is 38.8 Å². The van der Waals surface area contributed by atoms with Gasteiger partial charge in [0, 0.05) is 6.92 Å². The summed E-state index contributed by atoms with van der Waals surface area (Å²) in [6.45, 7) is 1.46. The number of fused-ring (bicyclic) bond motifs is 1. The number of anilines is 1. The fourth-order valence-electron chi connectivity index (χ4n) is 1.31. The molecule has 0 spiro atoms. The first-order chi connectivity index (χ1) is 7.69. The number of rotatable bonds is 2. The van der Waals surface area contributed by atoms with Gasteiger partial charge in [0.05, 0.1) is 16.4 Å². The average Bonchev–Trinajstić information content (AvgIpc) is 2.58. The van der Waals surface area contributed by atoms with Crippen LogP contribution in [0.3, 0.4) is 0 Å². The summed E-state index contributed by atoms with van der Waals surface area (Å²) in [6.07, 6.45) is 1.57. The molecule has 0 atom stereocenters. The topological polar surface area (TPSA) is 80.4 Å². The number of nitrogens with one attached hydrogen (secondary N) is 1. The van der Waals surface area contributed by atoms with Gasteiger partial charge in [-0.15, -0.1) is 0 Å². The Bertz CT molecular complexity index is 561. The predicted octanol–water partition coefficient (Wildman–Crippen LogP) is 1.55. The maximum atomic E-state index is 10.9. The molecule has 0 saturated heterocycles. The molecule has 0 fully saturated rings. The Kier molecular flexibility index (Phi) is 2.82. The molecule has 82 valence electrons. The van der Waals surface area contributed by atoms with Crippen LogP contribution in [0.4, 0.5) is 5.13 Å². The van der Waals surface area contributed by atoms with E-state index in [-0.39, 0.29) is 5.91 Å². The zero-order chi connectivity index (χ0) is 11.5. The Morgan fingerprint density at radius 1 is 1.62 bits per heavy atom. The van der Waals surface area contributed by atoms with E-state index in [9.17, 15) is 4.79 Å². The van der Waals surface area contributed by atoms with Crippen LogP contribution in [-0.2, 0) is 4.79 Å². The number of hydrazone groups is 1. The van der Waals surface area contributed by atoms with Crippen LogP contribution in [0.25, 0.3) is 10.2 Å². The Morgan fingerprint density at radius 3 is 3.12 bits per heavy atom. The molecule has 3 N–H and O–H groups in total. The Labute approximate surface area is 96.0 Å². The fraction of sp³-hybridized carbons (Fsp3) is 0.100. The SMILES string of the molecule is CC(=O)Nc1nc2ccc(C=NN)cc2s1. The highest BCUT2D eigenvalue weighted by atomic mass is 32.1. The third-order valence-electron chi connectivity index (χ3n) is 1.92. The summed E-state index contributed by atoms with van der Waals surface area (Å²) in [7, 11) is 0. The van der Waals surface area contributed by atoms with Crippen molar-refractivity contribution in [1.82, 2.24) is 4.98 Å². The van der Waals surface area contributed by atoms with E-state index in [4.69, 9.17) is 5.84 Å². The lowest BCUT2D eigenvalue weighted by molar-refractivity contribution is -0.114. The van der Waals surface area contributed by atoms with Crippen LogP contribution in [0.2, 0.25) is 0 Å². The zero-order valence-corrected chi connectivity index (χ0v) is 9.41. The number of aromatic nitrogens is 1. The molecule has 0 aliphatic heterocycles. The highest BCUT2D eigenvalue weighted by molar-refractivity contribution is 7.22. The van der Waals surface area contributed by atoms with Gasteiger partial charge >= 0.3 is 0 Å². The minimum absolute atomic E-state index is 0.122. The van der Waals surface area contributed by atoms with Crippen molar-refractivity contribution in [2.45, 2.75) is 6.92 Å². The average molecular weight is 234 g/mol. The molecule has 5 nitrogen and oxygen atoms in total. The molecule has 0 radical (unpaired) electrons. The molecule has 0 aliphatic rings. The largest absolute Gasteiger partial charge is 0.323 e. The number of hydrogen-bond donors (Lipinski definition) is 2. The molecule has 6 heteroatoms. The monoisotopic (exact) mass is 234 g/mol. The van der Waals surface area contributed by atoms with Crippen molar-refractivity contribution in [3.8, 4) is 0 Å². The lowest BCUT2D eigenvalue weighted by atomic mass is 10.2. The van der Waals surface area contributed by atoms with Crippen molar-refractivity contribution < 1.29 is 4.79 Å². The van der Waals surface area contributed by atoms with Crippen molar-refractivity contribution in [2.24, 2.45) is 10.9 Å². The van der Waals surface area contributed by atoms with E-state index in [1.54, 1.807) is 6.21 Å². The van der Waals surface area contributed by atoms with Crippen LogP contribution >= 0.6 is 11.3 Å². The van der Waals surface area contributed by atoms with E-state index in [1.807, 2.05) is 18.2 Å². The summed E-state index contributed by atoms with van der Waals surface area (Å²) >= 11 is 1.42. The van der Waals surface area contributed by atoms with Gasteiger partial charge in [0.2, 0.25) is 5.91 Å². The molecule has 1 amide bonds. The lowest BCUT2D eigenvalue weighted by Gasteiger charge is -1.91. The molecule has 0 unspecified atom stereocenters. The fourth-order valence-corrected chi connectivity index (χ4v) is 2.27. The number of nitrogens with zero attached hydrogens (tertiary/aromatic N) is 2. The summed E-state index contributed by atoms with van der Waals surface area (Å²) in [4.78, 5) is 15.1. The van der Waals surface area contributed by atoms with E-state index in [2.05, 4.69) is 15.4 Å². The highest BCUT2D eigenvalue weighted by Crippen LogP contribution is 2.26. The Balaban J connectivity index is 2.41. The normalized spacial score (nSPS) is 11.1. The summed E-state index contributed by atoms with van der Waals surface area (Å²) in [5, 5.41) is 6.71. The Hall–Kier alpha value is -1.95. The van der Waals surface area contributed by atoms with Crippen LogP contribution in [0.15, 0.2) is 23.3 Å². The number of nitrogens with two attached hydrogens (primary N) is 1. The summed E-state index contributed by atoms with van der Waals surface area (Å²) < 4.78 is 0.987. The van der Waals surface area contributed by atoms with E-state index in [0.717, 1.165) is 15.8 Å². The van der Waals surface area contributed by atoms with Gasteiger partial charge in [-0.2, -0.15) is 5.10 Å². The standard InChI is InChI=1S/C10H10N4OS/c1-6(15)13-10-14-8-3-2-7(5-12-11)4-9(8)16-10/h2-5H,11H2,1H3,(H,13,14,15). The van der Waals surface area contributed by atoms with Gasteiger partial charge < -0.3 is 11.2 Å². The van der Waals surface area contributed by atoms with Gasteiger partial charge in [-0.05, 0) is 17.7 Å². The van der Waals surface area contributed by atoms with Gasteiger partial charge in [-0.25, -0.2) is 4.98 Å². The van der Waals surface area contributed by atoms with E-state index >= 15 is 0 Å². The smallest absolute Gasteiger partial charge is 0.223 e. The van der Waals surface area contributed by atoms with E-state index in [1.165, 1.54) is 18.3 Å². The number of hydrogen-bond acceptors (Lipinski definition) is 5. The van der Waals surface area contributed by atoms with Crippen LogP contribution in [0.5, 0.6) is 0 Å². The van der Waals surface area contributed by atoms with Gasteiger partial charge in [0.25, 0.3) is 0 Å². The van der Waals surface area contributed by atoms with Crippen molar-refractivity contribution in [3.63, 3.8) is 0 Å². The van der Waals surface area contributed by atoms with Crippen LogP contribution < -0.4 is 11.2 Å². The van der Waals surface area contributed by atoms with E-state index in [0.29, 0.717) is 5.13 Å². The molecule has 2 rings (SSSR count). The van der Waals surface area contributed by atoms with Crippen LogP contribution in [0.1, 0.15) is 12.5 Å². The number of benzene rings is 1. The number of carbonyl (C=O) groups excluding carboxylic acids is 1. The summed E-state index contributed by atoms with van der Waals surface area (Å²) in [5.74, 6) is 4.95. The number of carbonyl (C=O) groups is 1. The quantitative estimate of drug-likeness (QED) is 0.470. The summed E-state index contributed by atoms with van der Waals surface area (Å²) in [6, 6.07) is 5.67. The minimum atomic E-state index is -0.122. The predicted molar refractivity (Wildman–Crippen MR) is 65.7 cm³/mol. The van der Waals surface area contributed by atoms with Gasteiger partial charge in [0.15, 0.2) is 5.13 Å². The van der Waals surface area contributed by atoms with Crippen LogP contribution in [-0.4, -0.2) is 17.1 Å². The molecular formula is C10H10N4OS. The molecule has 0 bridgehead atoms. The molecule has 2 aromatic rings. The minimum Gasteiger partial charge on any atom is -0.323 e. The van der Waals surface area contributed by atoms with Crippen LogP contribution in [0, 0.1) is 0 Å². The third kappa shape index (κ3) is 2.17. The molecule has 1 heterocycles. The van der Waals surface area contributed by atoms with Crippen molar-refractivity contribution in [1.29, 1.82) is 0 Å². The highest BCUT2D eigenvalue weighted by Gasteiger charge is 2.04. The molecular weight excluding hydrogens is 224 g/mol. The second-order valence-corrected chi connectivity index (χ2v) is 4.24. The van der Waals surface area contributed by atoms with Gasteiger partial charge in [0.1, 0.15) is 0 Å². The number of amides is 1. The first-order valence-corrected chi connectivity index (χ1v) is 5.42. The molecule has 16 heavy (non-hydrogen) atoms. The third-order valence-corrected chi connectivity index (χ3v) is 2.85. The molecule has 1 aromatic heterocycles. The van der Waals surface area contributed by atoms with E-state index < -0.39 is 0 Å². The molecule has 1 aromatic carbocycles. The van der Waals surface area contributed by atoms with Gasteiger partial charge in [-0.1, -0.05) is 17.4 Å². The lowest BCUT2D eigenvalue weighted by Crippen LogP contribution is -2.04. The first-order valence-electron chi connectivity index (χ1n) is 4.60. The van der Waals surface area contributed by atoms with Crippen molar-refractivity contribution in [3.05, 3.63) is 23.8 Å². The van der Waals surface area contributed by atoms with Gasteiger partial charge in [-0.3, -0.25) is 4.79 Å².